The molecule has 19 heavy (non-hydrogen) atoms. The maximum absolute atomic E-state index is 13.3. The fourth-order valence-corrected chi connectivity index (χ4v) is 2.25. The van der Waals surface area contributed by atoms with Crippen molar-refractivity contribution in [2.24, 2.45) is 5.73 Å². The Kier molecular flexibility index (Phi) is 4.71. The van der Waals surface area contributed by atoms with Gasteiger partial charge >= 0.3 is 0 Å². The van der Waals surface area contributed by atoms with Gasteiger partial charge in [0.2, 0.25) is 0 Å². The lowest BCUT2D eigenvalue weighted by Crippen LogP contribution is -2.33. The molecular weight excluding hydrogens is 243 g/mol. The molecule has 0 aliphatic carbocycles. The Morgan fingerprint density at radius 2 is 2.16 bits per heavy atom. The van der Waals surface area contributed by atoms with Crippen molar-refractivity contribution in [2.75, 3.05) is 13.1 Å². The van der Waals surface area contributed by atoms with E-state index < -0.39 is 0 Å². The van der Waals surface area contributed by atoms with Crippen LogP contribution in [-0.2, 0) is 6.54 Å². The van der Waals surface area contributed by atoms with Gasteiger partial charge in [-0.3, -0.25) is 4.90 Å². The van der Waals surface area contributed by atoms with Crippen LogP contribution in [0, 0.1) is 5.82 Å². The second-order valence-corrected chi connectivity index (χ2v) is 4.45. The molecule has 2 N–H and O–H groups in total. The van der Waals surface area contributed by atoms with Crippen molar-refractivity contribution in [3.63, 3.8) is 0 Å². The van der Waals surface area contributed by atoms with Gasteiger partial charge in [-0.2, -0.15) is 0 Å². The summed E-state index contributed by atoms with van der Waals surface area (Å²) in [6.45, 7) is 3.99. The molecule has 2 aromatic rings. The SMILES string of the molecule is CCN(Cc1ccco1)C(CN)c1cccc(F)c1. The molecule has 0 aliphatic rings. The second kappa shape index (κ2) is 6.50. The highest BCUT2D eigenvalue weighted by molar-refractivity contribution is 5.21. The van der Waals surface area contributed by atoms with Crippen molar-refractivity contribution in [2.45, 2.75) is 19.5 Å². The van der Waals surface area contributed by atoms with E-state index in [-0.39, 0.29) is 11.9 Å². The van der Waals surface area contributed by atoms with Gasteiger partial charge in [-0.05, 0) is 36.4 Å². The van der Waals surface area contributed by atoms with Gasteiger partial charge in [0.1, 0.15) is 11.6 Å². The molecule has 0 saturated heterocycles. The molecule has 0 bridgehead atoms. The molecule has 0 aliphatic heterocycles. The van der Waals surface area contributed by atoms with Crippen LogP contribution in [-0.4, -0.2) is 18.0 Å². The molecule has 1 aromatic carbocycles. The molecule has 4 heteroatoms. The van der Waals surface area contributed by atoms with Crippen LogP contribution >= 0.6 is 0 Å². The number of likely N-dealkylation sites (N-methyl/N-ethyl adjacent to an activating group) is 1. The Hall–Kier alpha value is -1.65. The van der Waals surface area contributed by atoms with E-state index in [4.69, 9.17) is 10.2 Å². The molecule has 0 spiro atoms. The number of rotatable bonds is 6. The fourth-order valence-electron chi connectivity index (χ4n) is 2.25. The molecule has 0 fully saturated rings. The van der Waals surface area contributed by atoms with Crippen LogP contribution in [0.5, 0.6) is 0 Å². The monoisotopic (exact) mass is 262 g/mol. The van der Waals surface area contributed by atoms with Crippen LogP contribution in [0.3, 0.4) is 0 Å². The summed E-state index contributed by atoms with van der Waals surface area (Å²) < 4.78 is 18.7. The third kappa shape index (κ3) is 3.43. The van der Waals surface area contributed by atoms with E-state index in [1.807, 2.05) is 18.2 Å². The highest BCUT2D eigenvalue weighted by Gasteiger charge is 2.19. The smallest absolute Gasteiger partial charge is 0.123 e. The van der Waals surface area contributed by atoms with Crippen molar-refractivity contribution in [1.82, 2.24) is 4.90 Å². The average molecular weight is 262 g/mol. The first-order valence-electron chi connectivity index (χ1n) is 6.46. The Balaban J connectivity index is 2.18. The van der Waals surface area contributed by atoms with Crippen molar-refractivity contribution < 1.29 is 8.81 Å². The zero-order chi connectivity index (χ0) is 13.7. The molecule has 1 aromatic heterocycles. The summed E-state index contributed by atoms with van der Waals surface area (Å²) in [5.41, 5.74) is 6.76. The molecule has 2 rings (SSSR count). The predicted molar refractivity (Wildman–Crippen MR) is 73.0 cm³/mol. The molecule has 102 valence electrons. The Bertz CT molecular complexity index is 499. The van der Waals surface area contributed by atoms with Gasteiger partial charge in [0.05, 0.1) is 12.8 Å². The summed E-state index contributed by atoms with van der Waals surface area (Å²) in [7, 11) is 0. The van der Waals surface area contributed by atoms with Gasteiger partial charge in [-0.25, -0.2) is 4.39 Å². The van der Waals surface area contributed by atoms with Gasteiger partial charge < -0.3 is 10.2 Å². The summed E-state index contributed by atoms with van der Waals surface area (Å²) in [6, 6.07) is 10.4. The second-order valence-electron chi connectivity index (χ2n) is 4.45. The molecule has 1 unspecified atom stereocenters. The van der Waals surface area contributed by atoms with Gasteiger partial charge in [0, 0.05) is 12.6 Å². The summed E-state index contributed by atoms with van der Waals surface area (Å²) in [5, 5.41) is 0. The first kappa shape index (κ1) is 13.8. The number of benzene rings is 1. The molecule has 1 heterocycles. The molecule has 0 saturated carbocycles. The molecular formula is C15H19FN2O. The lowest BCUT2D eigenvalue weighted by Gasteiger charge is -2.29. The molecule has 3 nitrogen and oxygen atoms in total. The van der Waals surface area contributed by atoms with Crippen LogP contribution in [0.1, 0.15) is 24.3 Å². The van der Waals surface area contributed by atoms with Crippen molar-refractivity contribution in [3.05, 3.63) is 59.8 Å². The molecule has 1 atom stereocenters. The van der Waals surface area contributed by atoms with E-state index in [2.05, 4.69) is 11.8 Å². The fraction of sp³-hybridized carbons (Fsp3) is 0.333. The van der Waals surface area contributed by atoms with Crippen LogP contribution in [0.4, 0.5) is 4.39 Å². The van der Waals surface area contributed by atoms with Crippen LogP contribution in [0.2, 0.25) is 0 Å². The lowest BCUT2D eigenvalue weighted by molar-refractivity contribution is 0.187. The van der Waals surface area contributed by atoms with Gasteiger partial charge in [-0.1, -0.05) is 19.1 Å². The number of hydrogen-bond acceptors (Lipinski definition) is 3. The van der Waals surface area contributed by atoms with E-state index in [9.17, 15) is 4.39 Å². The lowest BCUT2D eigenvalue weighted by atomic mass is 10.0. The van der Waals surface area contributed by atoms with Gasteiger partial charge in [0.15, 0.2) is 0 Å². The Morgan fingerprint density at radius 3 is 2.74 bits per heavy atom. The standard InChI is InChI=1S/C15H19FN2O/c1-2-18(11-14-7-4-8-19-14)15(10-17)12-5-3-6-13(16)9-12/h3-9,15H,2,10-11,17H2,1H3. The van der Waals surface area contributed by atoms with Crippen LogP contribution < -0.4 is 5.73 Å². The summed E-state index contributed by atoms with van der Waals surface area (Å²) in [6.07, 6.45) is 1.66. The number of nitrogens with two attached hydrogens (primary N) is 1. The predicted octanol–water partition coefficient (Wildman–Crippen LogP) is 2.94. The van der Waals surface area contributed by atoms with Gasteiger partial charge in [-0.15, -0.1) is 0 Å². The minimum Gasteiger partial charge on any atom is -0.468 e. The largest absolute Gasteiger partial charge is 0.468 e. The minimum absolute atomic E-state index is 0.00852. The first-order chi connectivity index (χ1) is 9.24. The number of nitrogens with zero attached hydrogens (tertiary/aromatic N) is 1. The average Bonchev–Trinajstić information content (AvgIpc) is 2.91. The summed E-state index contributed by atoms with van der Waals surface area (Å²) >= 11 is 0. The van der Waals surface area contributed by atoms with Crippen LogP contribution in [0.25, 0.3) is 0 Å². The summed E-state index contributed by atoms with van der Waals surface area (Å²) in [4.78, 5) is 2.17. The highest BCUT2D eigenvalue weighted by Crippen LogP contribution is 2.22. The number of furan rings is 1. The van der Waals surface area contributed by atoms with E-state index >= 15 is 0 Å². The number of halogens is 1. The maximum Gasteiger partial charge on any atom is 0.123 e. The zero-order valence-electron chi connectivity index (χ0n) is 11.1. The van der Waals surface area contributed by atoms with E-state index in [0.29, 0.717) is 13.1 Å². The van der Waals surface area contributed by atoms with Gasteiger partial charge in [0.25, 0.3) is 0 Å². The quantitative estimate of drug-likeness (QED) is 0.870. The van der Waals surface area contributed by atoms with Crippen molar-refractivity contribution in [3.8, 4) is 0 Å². The topological polar surface area (TPSA) is 42.4 Å². The minimum atomic E-state index is -0.231. The highest BCUT2D eigenvalue weighted by atomic mass is 19.1. The maximum atomic E-state index is 13.3. The third-order valence-electron chi connectivity index (χ3n) is 3.24. The Morgan fingerprint density at radius 1 is 1.32 bits per heavy atom. The van der Waals surface area contributed by atoms with E-state index in [1.54, 1.807) is 18.4 Å². The van der Waals surface area contributed by atoms with Crippen molar-refractivity contribution in [1.29, 1.82) is 0 Å². The normalized spacial score (nSPS) is 12.8. The third-order valence-corrected chi connectivity index (χ3v) is 3.24. The number of hydrogen-bond donors (Lipinski definition) is 1. The summed E-state index contributed by atoms with van der Waals surface area (Å²) in [5.74, 6) is 0.654. The first-order valence-corrected chi connectivity index (χ1v) is 6.46. The molecule has 0 radical (unpaired) electrons. The zero-order valence-corrected chi connectivity index (χ0v) is 11.1. The van der Waals surface area contributed by atoms with Crippen LogP contribution in [0.15, 0.2) is 47.1 Å². The van der Waals surface area contributed by atoms with E-state index in [1.165, 1.54) is 6.07 Å². The van der Waals surface area contributed by atoms with E-state index in [0.717, 1.165) is 17.9 Å². The molecule has 0 amide bonds. The Labute approximate surface area is 112 Å². The van der Waals surface area contributed by atoms with Crippen molar-refractivity contribution >= 4 is 0 Å².